The Bertz CT molecular complexity index is 884. The monoisotopic (exact) mass is 367 g/mol. The van der Waals surface area contributed by atoms with Crippen molar-refractivity contribution in [1.82, 2.24) is 9.88 Å². The van der Waals surface area contributed by atoms with Gasteiger partial charge in [0.05, 0.1) is 16.7 Å². The van der Waals surface area contributed by atoms with Crippen LogP contribution in [0, 0.1) is 18.3 Å². The van der Waals surface area contributed by atoms with Crippen LogP contribution in [0.15, 0.2) is 24.3 Å². The van der Waals surface area contributed by atoms with Crippen LogP contribution in [0.4, 0.5) is 0 Å². The SMILES string of the molecule is Cc1c(C#N)c2ccccc2n1CC(=O)N[C@@H]1CCOC2(CCOCC2)C1. The van der Waals surface area contributed by atoms with Gasteiger partial charge in [-0.05, 0) is 38.7 Å². The summed E-state index contributed by atoms with van der Waals surface area (Å²) in [6, 6.07) is 10.1. The van der Waals surface area contributed by atoms with Crippen molar-refractivity contribution in [3.8, 4) is 6.07 Å². The number of ether oxygens (including phenoxy) is 2. The lowest BCUT2D eigenvalue weighted by Gasteiger charge is -2.43. The molecule has 1 aromatic carbocycles. The number of para-hydroxylation sites is 1. The molecule has 1 amide bonds. The Hall–Kier alpha value is -2.36. The Morgan fingerprint density at radius 1 is 1.33 bits per heavy atom. The highest BCUT2D eigenvalue weighted by Gasteiger charge is 2.39. The van der Waals surface area contributed by atoms with E-state index < -0.39 is 0 Å². The minimum atomic E-state index is -0.140. The van der Waals surface area contributed by atoms with Crippen LogP contribution < -0.4 is 5.32 Å². The molecule has 1 spiro atoms. The lowest BCUT2D eigenvalue weighted by atomic mass is 9.84. The molecule has 2 fully saturated rings. The molecule has 6 nitrogen and oxygen atoms in total. The van der Waals surface area contributed by atoms with Crippen molar-refractivity contribution >= 4 is 16.8 Å². The molecule has 2 saturated heterocycles. The van der Waals surface area contributed by atoms with E-state index in [4.69, 9.17) is 9.47 Å². The van der Waals surface area contributed by atoms with Gasteiger partial charge in [0, 0.05) is 36.9 Å². The maximum absolute atomic E-state index is 12.8. The summed E-state index contributed by atoms with van der Waals surface area (Å²) < 4.78 is 13.5. The average Bonchev–Trinajstić information content (AvgIpc) is 2.93. The lowest BCUT2D eigenvalue weighted by molar-refractivity contribution is -0.144. The second kappa shape index (κ2) is 7.34. The Labute approximate surface area is 159 Å². The predicted octanol–water partition coefficient (Wildman–Crippen LogP) is 2.67. The number of nitrogens with one attached hydrogen (secondary N) is 1. The quantitative estimate of drug-likeness (QED) is 0.905. The van der Waals surface area contributed by atoms with Crippen LogP contribution in [-0.2, 0) is 20.8 Å². The highest BCUT2D eigenvalue weighted by molar-refractivity contribution is 5.89. The van der Waals surface area contributed by atoms with Crippen molar-refractivity contribution in [3.63, 3.8) is 0 Å². The predicted molar refractivity (Wildman–Crippen MR) is 101 cm³/mol. The molecule has 1 aromatic heterocycles. The summed E-state index contributed by atoms with van der Waals surface area (Å²) >= 11 is 0. The topological polar surface area (TPSA) is 76.3 Å². The first-order chi connectivity index (χ1) is 13.1. The van der Waals surface area contributed by atoms with Gasteiger partial charge in [-0.15, -0.1) is 0 Å². The van der Waals surface area contributed by atoms with E-state index in [0.29, 0.717) is 12.2 Å². The maximum atomic E-state index is 12.8. The van der Waals surface area contributed by atoms with Crippen molar-refractivity contribution in [1.29, 1.82) is 5.26 Å². The van der Waals surface area contributed by atoms with Gasteiger partial charge in [-0.3, -0.25) is 4.79 Å². The number of carbonyl (C=O) groups is 1. The fourth-order valence-electron chi connectivity index (χ4n) is 4.44. The number of nitrogens with zero attached hydrogens (tertiary/aromatic N) is 2. The molecule has 6 heteroatoms. The van der Waals surface area contributed by atoms with Gasteiger partial charge in [-0.1, -0.05) is 18.2 Å². The summed E-state index contributed by atoms with van der Waals surface area (Å²) in [7, 11) is 0. The molecule has 0 radical (unpaired) electrons. The second-order valence-electron chi connectivity index (χ2n) is 7.58. The number of aromatic nitrogens is 1. The first-order valence-electron chi connectivity index (χ1n) is 9.61. The van der Waals surface area contributed by atoms with Gasteiger partial charge in [0.1, 0.15) is 12.6 Å². The fourth-order valence-corrected chi connectivity index (χ4v) is 4.44. The molecule has 2 aliphatic heterocycles. The number of hydrogen-bond donors (Lipinski definition) is 1. The number of hydrogen-bond acceptors (Lipinski definition) is 4. The smallest absolute Gasteiger partial charge is 0.240 e. The van der Waals surface area contributed by atoms with E-state index in [1.165, 1.54) is 0 Å². The van der Waals surface area contributed by atoms with Crippen LogP contribution >= 0.6 is 0 Å². The number of nitriles is 1. The Balaban J connectivity index is 1.48. The van der Waals surface area contributed by atoms with Crippen molar-refractivity contribution in [2.45, 2.75) is 50.8 Å². The fraction of sp³-hybridized carbons (Fsp3) is 0.524. The zero-order chi connectivity index (χ0) is 18.9. The Kier molecular flexibility index (Phi) is 4.90. The van der Waals surface area contributed by atoms with Gasteiger partial charge in [0.25, 0.3) is 0 Å². The summed E-state index contributed by atoms with van der Waals surface area (Å²) in [5.41, 5.74) is 2.26. The van der Waals surface area contributed by atoms with Gasteiger partial charge >= 0.3 is 0 Å². The van der Waals surface area contributed by atoms with Crippen LogP contribution in [-0.4, -0.2) is 41.9 Å². The summed E-state index contributed by atoms with van der Waals surface area (Å²) in [6.07, 6.45) is 3.47. The van der Waals surface area contributed by atoms with E-state index in [9.17, 15) is 10.1 Å². The summed E-state index contributed by atoms with van der Waals surface area (Å²) in [4.78, 5) is 12.8. The average molecular weight is 367 g/mol. The van der Waals surface area contributed by atoms with Gasteiger partial charge in [-0.25, -0.2) is 0 Å². The van der Waals surface area contributed by atoms with Crippen LogP contribution in [0.25, 0.3) is 10.9 Å². The standard InChI is InChI=1S/C21H25N3O3/c1-15-18(13-22)17-4-2-3-5-19(17)24(15)14-20(25)23-16-6-9-27-21(12-16)7-10-26-11-8-21/h2-5,16H,6-12,14H2,1H3,(H,23,25)/t16-/m1/s1. The van der Waals surface area contributed by atoms with Gasteiger partial charge in [0.15, 0.2) is 0 Å². The lowest BCUT2D eigenvalue weighted by Crippen LogP contribution is -2.51. The minimum Gasteiger partial charge on any atom is -0.381 e. The molecule has 27 heavy (non-hydrogen) atoms. The van der Waals surface area contributed by atoms with E-state index in [1.807, 2.05) is 35.8 Å². The van der Waals surface area contributed by atoms with Crippen LogP contribution in [0.5, 0.6) is 0 Å². The summed E-state index contributed by atoms with van der Waals surface area (Å²) in [6.45, 7) is 4.26. The number of carbonyl (C=O) groups excluding carboxylic acids is 1. The zero-order valence-electron chi connectivity index (χ0n) is 15.7. The number of rotatable bonds is 3. The highest BCUT2D eigenvalue weighted by atomic mass is 16.5. The molecule has 142 valence electrons. The van der Waals surface area contributed by atoms with E-state index in [2.05, 4.69) is 11.4 Å². The number of fused-ring (bicyclic) bond motifs is 1. The largest absolute Gasteiger partial charge is 0.381 e. The third-order valence-corrected chi connectivity index (χ3v) is 5.91. The molecule has 2 aliphatic rings. The molecule has 4 rings (SSSR count). The van der Waals surface area contributed by atoms with E-state index in [1.54, 1.807) is 0 Å². The first-order valence-corrected chi connectivity index (χ1v) is 9.61. The van der Waals surface area contributed by atoms with Gasteiger partial charge < -0.3 is 19.4 Å². The third-order valence-electron chi connectivity index (χ3n) is 5.91. The normalized spacial score (nSPS) is 21.9. The maximum Gasteiger partial charge on any atom is 0.240 e. The first kappa shape index (κ1) is 18.0. The van der Waals surface area contributed by atoms with Crippen molar-refractivity contribution < 1.29 is 14.3 Å². The number of benzene rings is 1. The molecule has 2 aromatic rings. The van der Waals surface area contributed by atoms with Crippen molar-refractivity contribution in [2.75, 3.05) is 19.8 Å². The molecule has 1 N–H and O–H groups in total. The van der Waals surface area contributed by atoms with Gasteiger partial charge in [-0.2, -0.15) is 5.26 Å². The highest BCUT2D eigenvalue weighted by Crippen LogP contribution is 2.34. The van der Waals surface area contributed by atoms with Crippen molar-refractivity contribution in [2.24, 2.45) is 0 Å². The van der Waals surface area contributed by atoms with Crippen molar-refractivity contribution in [3.05, 3.63) is 35.5 Å². The Morgan fingerprint density at radius 3 is 2.89 bits per heavy atom. The second-order valence-corrected chi connectivity index (χ2v) is 7.58. The zero-order valence-corrected chi connectivity index (χ0v) is 15.7. The molecule has 3 heterocycles. The molecular formula is C21H25N3O3. The van der Waals surface area contributed by atoms with E-state index >= 15 is 0 Å². The van der Waals surface area contributed by atoms with Gasteiger partial charge in [0.2, 0.25) is 5.91 Å². The van der Waals surface area contributed by atoms with Crippen LogP contribution in [0.2, 0.25) is 0 Å². The summed E-state index contributed by atoms with van der Waals surface area (Å²) in [5, 5.41) is 13.6. The van der Waals surface area contributed by atoms with E-state index in [0.717, 1.165) is 55.5 Å². The van der Waals surface area contributed by atoms with Crippen LogP contribution in [0.3, 0.4) is 0 Å². The molecule has 0 aliphatic carbocycles. The third kappa shape index (κ3) is 3.45. The van der Waals surface area contributed by atoms with E-state index in [-0.39, 0.29) is 24.1 Å². The minimum absolute atomic E-state index is 0.0162. The molecular weight excluding hydrogens is 342 g/mol. The number of amides is 1. The molecule has 0 saturated carbocycles. The molecule has 1 atom stereocenters. The molecule has 0 bridgehead atoms. The molecule has 0 unspecified atom stereocenters. The summed E-state index contributed by atoms with van der Waals surface area (Å²) in [5.74, 6) is -0.0162. The van der Waals surface area contributed by atoms with Crippen LogP contribution in [0.1, 0.15) is 36.9 Å². The Morgan fingerprint density at radius 2 is 2.11 bits per heavy atom.